The van der Waals surface area contributed by atoms with Gasteiger partial charge in [0.25, 0.3) is 5.56 Å². The summed E-state index contributed by atoms with van der Waals surface area (Å²) >= 11 is 0. The Hall–Kier alpha value is -4.96. The Balaban J connectivity index is 0.000000208. The van der Waals surface area contributed by atoms with Crippen LogP contribution in [0.2, 0.25) is 0 Å². The number of piperazine rings is 1. The van der Waals surface area contributed by atoms with Gasteiger partial charge in [-0.15, -0.1) is 0 Å². The summed E-state index contributed by atoms with van der Waals surface area (Å²) in [6.07, 6.45) is 7.55. The molecule has 0 N–H and O–H groups in total. The number of ether oxygens (including phenoxy) is 1. The number of methoxy groups -OCH3 is 1. The van der Waals surface area contributed by atoms with E-state index >= 15 is 0 Å². The molecule has 292 valence electrons. The maximum Gasteiger partial charge on any atom is 0.347 e. The van der Waals surface area contributed by atoms with Gasteiger partial charge in [0.1, 0.15) is 25.2 Å². The molecule has 3 amide bonds. The van der Waals surface area contributed by atoms with E-state index in [0.29, 0.717) is 18.8 Å². The first kappa shape index (κ1) is 40.2. The minimum atomic E-state index is -0.617. The number of carbonyl (C=O) groups excluding carboxylic acids is 2. The van der Waals surface area contributed by atoms with Crippen molar-refractivity contribution >= 4 is 23.2 Å². The van der Waals surface area contributed by atoms with Crippen molar-refractivity contribution < 1.29 is 23.1 Å². The summed E-state index contributed by atoms with van der Waals surface area (Å²) in [5.41, 5.74) is 2.15. The number of unbranched alkanes of at least 4 members (excludes halogenated alkanes) is 2. The van der Waals surface area contributed by atoms with Crippen LogP contribution in [-0.4, -0.2) is 137 Å². The number of carbonyl (C=O) groups is 2. The number of halogens is 2. The highest BCUT2D eigenvalue weighted by molar-refractivity contribution is 6.01. The zero-order valence-electron chi connectivity index (χ0n) is 31.2. The minimum absolute atomic E-state index is 0.00243. The average molecular weight is 750 g/mol. The van der Waals surface area contributed by atoms with E-state index in [2.05, 4.69) is 36.9 Å². The number of nitrogens with zero attached hydrogens (tertiary/aromatic N) is 9. The highest BCUT2D eigenvalue weighted by atomic mass is 18.2. The Bertz CT molecular complexity index is 1860. The zero-order chi connectivity index (χ0) is 38.5. The highest BCUT2D eigenvalue weighted by Crippen LogP contribution is 2.28. The summed E-state index contributed by atoms with van der Waals surface area (Å²) in [7, 11) is 3.15. The third-order valence-corrected chi connectivity index (χ3v) is 9.96. The molecule has 54 heavy (non-hydrogen) atoms. The van der Waals surface area contributed by atoms with E-state index in [1.807, 2.05) is 24.3 Å². The average Bonchev–Trinajstić information content (AvgIpc) is 3.46. The second-order valence-electron chi connectivity index (χ2n) is 13.5. The predicted octanol–water partition coefficient (Wildman–Crippen LogP) is 2.88. The molecule has 1 aromatic carbocycles. The zero-order valence-corrected chi connectivity index (χ0v) is 31.2. The van der Waals surface area contributed by atoms with Crippen LogP contribution in [0.4, 0.5) is 19.3 Å². The number of pyridine rings is 1. The molecule has 0 unspecified atom stereocenters. The largest absolute Gasteiger partial charge is 0.495 e. The number of para-hydroxylation sites is 2. The molecule has 0 saturated carbocycles. The first-order chi connectivity index (χ1) is 26.2. The molecular weight excluding hydrogens is 698 g/mol. The van der Waals surface area contributed by atoms with Crippen LogP contribution < -0.4 is 20.9 Å². The van der Waals surface area contributed by atoms with E-state index in [1.165, 1.54) is 33.8 Å². The topological polar surface area (TPSA) is 129 Å². The Morgan fingerprint density at radius 3 is 2.24 bits per heavy atom. The van der Waals surface area contributed by atoms with Gasteiger partial charge in [-0.2, -0.15) is 9.49 Å². The van der Waals surface area contributed by atoms with Gasteiger partial charge >= 0.3 is 11.7 Å². The van der Waals surface area contributed by atoms with Gasteiger partial charge in [-0.3, -0.25) is 28.9 Å². The van der Waals surface area contributed by atoms with E-state index in [0.717, 1.165) is 106 Å². The number of benzene rings is 1. The molecule has 3 aromatic rings. The molecule has 0 atom stereocenters. The molecule has 3 aliphatic heterocycles. The predicted molar refractivity (Wildman–Crippen MR) is 202 cm³/mol. The maximum atomic E-state index is 13.2. The van der Waals surface area contributed by atoms with Gasteiger partial charge in [0.05, 0.1) is 25.0 Å². The number of urea groups is 1. The number of aryl methyl sites for hydroxylation is 1. The van der Waals surface area contributed by atoms with Crippen LogP contribution in [0.3, 0.4) is 0 Å². The van der Waals surface area contributed by atoms with Crippen LogP contribution in [0, 0.1) is 5.95 Å². The van der Waals surface area contributed by atoms with Gasteiger partial charge in [-0.25, -0.2) is 23.6 Å². The summed E-state index contributed by atoms with van der Waals surface area (Å²) in [6.45, 7) is 7.73. The monoisotopic (exact) mass is 749 g/mol. The Morgan fingerprint density at radius 2 is 1.54 bits per heavy atom. The lowest BCUT2D eigenvalue weighted by Gasteiger charge is -2.36. The second kappa shape index (κ2) is 19.9. The number of hydrogen-bond acceptors (Lipinski definition) is 10. The second-order valence-corrected chi connectivity index (χ2v) is 13.5. The van der Waals surface area contributed by atoms with Crippen molar-refractivity contribution in [1.29, 1.82) is 0 Å². The Kier molecular flexibility index (Phi) is 14.8. The third kappa shape index (κ3) is 10.8. The van der Waals surface area contributed by atoms with E-state index in [1.54, 1.807) is 13.2 Å². The van der Waals surface area contributed by atoms with Crippen LogP contribution in [0.15, 0.2) is 64.3 Å². The fourth-order valence-corrected chi connectivity index (χ4v) is 6.81. The number of anilines is 1. The molecular formula is C38H51F2N9O5. The SMILES string of the molecule is COc1ccccc1N1CCN(CCCCN2C(=O)CN(CC[18F])C2=O)CC1.Cn1c(=O)cnn(CCCCN2CC=C(c3cccc([18F])n3)CC2)c1=O. The van der Waals surface area contributed by atoms with E-state index in [-0.39, 0.29) is 30.7 Å². The summed E-state index contributed by atoms with van der Waals surface area (Å²) in [5, 5.41) is 3.88. The van der Waals surface area contributed by atoms with Crippen molar-refractivity contribution in [3.05, 3.63) is 87.2 Å². The smallest absolute Gasteiger partial charge is 0.347 e. The molecule has 2 fully saturated rings. The van der Waals surface area contributed by atoms with Gasteiger partial charge in [0.2, 0.25) is 11.9 Å². The number of amides is 3. The van der Waals surface area contributed by atoms with Crippen LogP contribution in [-0.2, 0) is 18.4 Å². The maximum absolute atomic E-state index is 13.2. The van der Waals surface area contributed by atoms with Crippen LogP contribution in [0.5, 0.6) is 5.75 Å². The summed E-state index contributed by atoms with van der Waals surface area (Å²) in [5.74, 6) is 0.231. The van der Waals surface area contributed by atoms with Crippen molar-refractivity contribution in [3.63, 3.8) is 0 Å². The molecule has 16 heteroatoms. The molecule has 2 aromatic heterocycles. The first-order valence-corrected chi connectivity index (χ1v) is 18.6. The van der Waals surface area contributed by atoms with Crippen LogP contribution in [0.25, 0.3) is 5.57 Å². The third-order valence-electron chi connectivity index (χ3n) is 9.96. The number of rotatable bonds is 15. The highest BCUT2D eigenvalue weighted by Gasteiger charge is 2.35. The van der Waals surface area contributed by atoms with E-state index in [4.69, 9.17) is 4.74 Å². The fourth-order valence-electron chi connectivity index (χ4n) is 6.81. The quantitative estimate of drug-likeness (QED) is 0.130. The molecule has 0 bridgehead atoms. The molecule has 0 aliphatic carbocycles. The van der Waals surface area contributed by atoms with Crippen LogP contribution >= 0.6 is 0 Å². The van der Waals surface area contributed by atoms with Crippen molar-refractivity contribution in [2.24, 2.45) is 7.05 Å². The van der Waals surface area contributed by atoms with Crippen LogP contribution in [0.1, 0.15) is 37.8 Å². The number of imide groups is 1. The number of hydrogen-bond donors (Lipinski definition) is 0. The Labute approximate surface area is 314 Å². The molecule has 3 aliphatic rings. The Morgan fingerprint density at radius 1 is 0.815 bits per heavy atom. The summed E-state index contributed by atoms with van der Waals surface area (Å²) < 4.78 is 33.5. The van der Waals surface area contributed by atoms with Crippen molar-refractivity contribution in [3.8, 4) is 5.75 Å². The van der Waals surface area contributed by atoms with Gasteiger partial charge < -0.3 is 14.5 Å². The number of alkyl halides is 1. The number of aromatic nitrogens is 4. The van der Waals surface area contributed by atoms with Crippen molar-refractivity contribution in [1.82, 2.24) is 38.9 Å². The van der Waals surface area contributed by atoms with Gasteiger partial charge in [-0.1, -0.05) is 24.3 Å². The van der Waals surface area contributed by atoms with Gasteiger partial charge in [0.15, 0.2) is 0 Å². The standard InChI is InChI=1S/C20H29FN4O3.C18H22FN5O2/c1-28-18-7-3-2-6-17(18)23-14-12-22(13-15-23)9-4-5-10-25-19(26)16-24(11-8-21)20(25)27;1-22-17(25)13-20-24(18(22)26)10-3-2-9-23-11-7-14(8-12-23)15-5-4-6-16(19)21-15/h2-3,6-7H,4-5,8-16H2,1H3;4-7,13H,2-3,8-12H2,1H3/i21-1;19-1. The van der Waals surface area contributed by atoms with E-state index in [9.17, 15) is 28.0 Å². The lowest BCUT2D eigenvalue weighted by atomic mass is 10.0. The van der Waals surface area contributed by atoms with Gasteiger partial charge in [-0.05, 0) is 75.0 Å². The first-order valence-electron chi connectivity index (χ1n) is 18.6. The van der Waals surface area contributed by atoms with Gasteiger partial charge in [0, 0.05) is 59.4 Å². The van der Waals surface area contributed by atoms with Crippen molar-refractivity contribution in [2.45, 2.75) is 38.6 Å². The summed E-state index contributed by atoms with van der Waals surface area (Å²) in [4.78, 5) is 60.7. The molecule has 6 rings (SSSR count). The molecule has 0 spiro atoms. The normalized spacial score (nSPS) is 16.7. The van der Waals surface area contributed by atoms with Crippen molar-refractivity contribution in [2.75, 3.05) is 90.7 Å². The van der Waals surface area contributed by atoms with E-state index < -0.39 is 18.2 Å². The lowest BCUT2D eigenvalue weighted by molar-refractivity contribution is -0.125. The summed E-state index contributed by atoms with van der Waals surface area (Å²) in [6, 6.07) is 12.6. The minimum Gasteiger partial charge on any atom is -0.495 e. The molecule has 0 radical (unpaired) electrons. The molecule has 14 nitrogen and oxygen atoms in total. The lowest BCUT2D eigenvalue weighted by Crippen LogP contribution is -2.46. The molecule has 5 heterocycles. The molecule has 2 saturated heterocycles. The fraction of sp³-hybridized carbons (Fsp3) is 0.526.